The highest BCUT2D eigenvalue weighted by Crippen LogP contribution is 2.18. The standard InChI is InChI=1S/C16H25NO3/c1-5-13-9-7-8-10-15(13)20-11-14(17-12(3)4)16(18)19-6-2/h7-10,12,14,17H,5-6,11H2,1-4H3. The number of para-hydroxylation sites is 1. The first kappa shape index (κ1) is 16.5. The predicted octanol–water partition coefficient (Wildman–Crippen LogP) is 2.56. The highest BCUT2D eigenvalue weighted by Gasteiger charge is 2.21. The van der Waals surface area contributed by atoms with Crippen molar-refractivity contribution in [1.29, 1.82) is 0 Å². The molecule has 4 heteroatoms. The number of ether oxygens (including phenoxy) is 2. The van der Waals surface area contributed by atoms with E-state index >= 15 is 0 Å². The smallest absolute Gasteiger partial charge is 0.326 e. The van der Waals surface area contributed by atoms with E-state index in [1.807, 2.05) is 38.1 Å². The second kappa shape index (κ2) is 8.59. The van der Waals surface area contributed by atoms with Crippen molar-refractivity contribution < 1.29 is 14.3 Å². The molecule has 20 heavy (non-hydrogen) atoms. The lowest BCUT2D eigenvalue weighted by atomic mass is 10.1. The minimum atomic E-state index is -0.445. The van der Waals surface area contributed by atoms with Crippen LogP contribution in [0.3, 0.4) is 0 Å². The predicted molar refractivity (Wildman–Crippen MR) is 80.0 cm³/mol. The van der Waals surface area contributed by atoms with Crippen molar-refractivity contribution in [3.8, 4) is 5.75 Å². The molecule has 112 valence electrons. The van der Waals surface area contributed by atoms with Crippen molar-refractivity contribution in [3.05, 3.63) is 29.8 Å². The summed E-state index contributed by atoms with van der Waals surface area (Å²) in [5.74, 6) is 0.560. The molecule has 0 aromatic heterocycles. The van der Waals surface area contributed by atoms with Crippen molar-refractivity contribution in [1.82, 2.24) is 5.32 Å². The van der Waals surface area contributed by atoms with Gasteiger partial charge in [0.2, 0.25) is 0 Å². The molecule has 1 rings (SSSR count). The molecule has 0 saturated heterocycles. The maximum Gasteiger partial charge on any atom is 0.326 e. The van der Waals surface area contributed by atoms with Gasteiger partial charge in [-0.05, 0) is 25.0 Å². The van der Waals surface area contributed by atoms with Gasteiger partial charge in [-0.3, -0.25) is 10.1 Å². The van der Waals surface area contributed by atoms with E-state index in [1.54, 1.807) is 6.92 Å². The van der Waals surface area contributed by atoms with Crippen LogP contribution in [0, 0.1) is 0 Å². The fraction of sp³-hybridized carbons (Fsp3) is 0.562. The maximum absolute atomic E-state index is 11.9. The van der Waals surface area contributed by atoms with E-state index in [2.05, 4.69) is 12.2 Å². The second-order valence-corrected chi connectivity index (χ2v) is 4.90. The Morgan fingerprint density at radius 2 is 1.95 bits per heavy atom. The maximum atomic E-state index is 11.9. The lowest BCUT2D eigenvalue weighted by Gasteiger charge is -2.20. The van der Waals surface area contributed by atoms with Crippen molar-refractivity contribution >= 4 is 5.97 Å². The van der Waals surface area contributed by atoms with Gasteiger partial charge < -0.3 is 9.47 Å². The molecule has 1 unspecified atom stereocenters. The van der Waals surface area contributed by atoms with Crippen molar-refractivity contribution in [2.45, 2.75) is 46.2 Å². The van der Waals surface area contributed by atoms with Gasteiger partial charge in [0.15, 0.2) is 0 Å². The summed E-state index contributed by atoms with van der Waals surface area (Å²) in [6.07, 6.45) is 0.901. The lowest BCUT2D eigenvalue weighted by molar-refractivity contribution is -0.146. The zero-order valence-corrected chi connectivity index (χ0v) is 12.8. The monoisotopic (exact) mass is 279 g/mol. The van der Waals surface area contributed by atoms with Crippen LogP contribution in [-0.2, 0) is 16.0 Å². The number of carbonyl (C=O) groups is 1. The first-order chi connectivity index (χ1) is 9.58. The Kier molecular flexibility index (Phi) is 7.09. The topological polar surface area (TPSA) is 47.6 Å². The highest BCUT2D eigenvalue weighted by atomic mass is 16.5. The van der Waals surface area contributed by atoms with Crippen molar-refractivity contribution in [3.63, 3.8) is 0 Å². The van der Waals surface area contributed by atoms with E-state index in [9.17, 15) is 4.79 Å². The summed E-state index contributed by atoms with van der Waals surface area (Å²) in [4.78, 5) is 11.9. The molecule has 4 nitrogen and oxygen atoms in total. The number of aryl methyl sites for hydroxylation is 1. The Bertz CT molecular complexity index is 418. The number of carbonyl (C=O) groups excluding carboxylic acids is 1. The third kappa shape index (κ3) is 5.21. The summed E-state index contributed by atoms with van der Waals surface area (Å²) >= 11 is 0. The van der Waals surface area contributed by atoms with E-state index in [4.69, 9.17) is 9.47 Å². The largest absolute Gasteiger partial charge is 0.491 e. The van der Waals surface area contributed by atoms with E-state index in [-0.39, 0.29) is 18.6 Å². The molecular weight excluding hydrogens is 254 g/mol. The van der Waals surface area contributed by atoms with Crippen LogP contribution in [0.15, 0.2) is 24.3 Å². The van der Waals surface area contributed by atoms with Gasteiger partial charge in [0.25, 0.3) is 0 Å². The van der Waals surface area contributed by atoms with Crippen molar-refractivity contribution in [2.75, 3.05) is 13.2 Å². The number of rotatable bonds is 8. The summed E-state index contributed by atoms with van der Waals surface area (Å²) in [6.45, 7) is 8.52. The molecule has 1 N–H and O–H groups in total. The Morgan fingerprint density at radius 3 is 2.55 bits per heavy atom. The van der Waals surface area contributed by atoms with Crippen LogP contribution >= 0.6 is 0 Å². The van der Waals surface area contributed by atoms with Gasteiger partial charge in [0.1, 0.15) is 18.4 Å². The summed E-state index contributed by atoms with van der Waals surface area (Å²) in [6, 6.07) is 7.63. The molecule has 0 saturated carbocycles. The fourth-order valence-corrected chi connectivity index (χ4v) is 1.94. The van der Waals surface area contributed by atoms with Crippen LogP contribution < -0.4 is 10.1 Å². The van der Waals surface area contributed by atoms with E-state index in [0.717, 1.165) is 17.7 Å². The highest BCUT2D eigenvalue weighted by molar-refractivity contribution is 5.76. The number of hydrogen-bond donors (Lipinski definition) is 1. The number of nitrogens with one attached hydrogen (secondary N) is 1. The minimum Gasteiger partial charge on any atom is -0.491 e. The third-order valence-corrected chi connectivity index (χ3v) is 2.86. The van der Waals surface area contributed by atoms with Crippen LogP contribution in [0.4, 0.5) is 0 Å². The molecule has 0 amide bonds. The Morgan fingerprint density at radius 1 is 1.25 bits per heavy atom. The van der Waals surface area contributed by atoms with E-state index in [0.29, 0.717) is 6.61 Å². The van der Waals surface area contributed by atoms with Gasteiger partial charge in [0.05, 0.1) is 6.61 Å². The minimum absolute atomic E-state index is 0.189. The van der Waals surface area contributed by atoms with Crippen LogP contribution in [0.2, 0.25) is 0 Å². The Hall–Kier alpha value is -1.55. The first-order valence-electron chi connectivity index (χ1n) is 7.21. The Labute approximate surface area is 121 Å². The summed E-state index contributed by atoms with van der Waals surface area (Å²) in [5, 5.41) is 3.17. The van der Waals surface area contributed by atoms with Gasteiger partial charge in [0, 0.05) is 6.04 Å². The molecule has 1 atom stereocenters. The zero-order valence-electron chi connectivity index (χ0n) is 12.8. The molecule has 0 aliphatic carbocycles. The first-order valence-corrected chi connectivity index (χ1v) is 7.21. The van der Waals surface area contributed by atoms with Crippen LogP contribution in [0.25, 0.3) is 0 Å². The number of benzene rings is 1. The van der Waals surface area contributed by atoms with Gasteiger partial charge in [-0.15, -0.1) is 0 Å². The normalized spacial score (nSPS) is 12.2. The third-order valence-electron chi connectivity index (χ3n) is 2.86. The molecule has 0 heterocycles. The van der Waals surface area contributed by atoms with Crippen molar-refractivity contribution in [2.24, 2.45) is 0 Å². The lowest BCUT2D eigenvalue weighted by Crippen LogP contribution is -2.45. The molecule has 0 spiro atoms. The average molecular weight is 279 g/mol. The number of hydrogen-bond acceptors (Lipinski definition) is 4. The van der Waals surface area contributed by atoms with Gasteiger partial charge in [-0.2, -0.15) is 0 Å². The summed E-state index contributed by atoms with van der Waals surface area (Å²) in [5.41, 5.74) is 1.14. The quantitative estimate of drug-likeness (QED) is 0.743. The average Bonchev–Trinajstić information content (AvgIpc) is 2.43. The van der Waals surface area contributed by atoms with Crippen LogP contribution in [0.1, 0.15) is 33.3 Å². The van der Waals surface area contributed by atoms with Crippen LogP contribution in [-0.4, -0.2) is 31.3 Å². The SMILES string of the molecule is CCOC(=O)C(COc1ccccc1CC)NC(C)C. The summed E-state index contributed by atoms with van der Waals surface area (Å²) < 4.78 is 10.9. The molecule has 1 aromatic rings. The zero-order chi connectivity index (χ0) is 15.0. The fourth-order valence-electron chi connectivity index (χ4n) is 1.94. The molecule has 1 aromatic carbocycles. The van der Waals surface area contributed by atoms with Gasteiger partial charge in [-0.25, -0.2) is 0 Å². The molecule has 0 radical (unpaired) electrons. The van der Waals surface area contributed by atoms with Crippen LogP contribution in [0.5, 0.6) is 5.75 Å². The summed E-state index contributed by atoms with van der Waals surface area (Å²) in [7, 11) is 0. The van der Waals surface area contributed by atoms with E-state index in [1.165, 1.54) is 0 Å². The molecule has 0 fully saturated rings. The number of esters is 1. The molecular formula is C16H25NO3. The van der Waals surface area contributed by atoms with E-state index < -0.39 is 6.04 Å². The Balaban J connectivity index is 2.67. The van der Waals surface area contributed by atoms with Gasteiger partial charge in [-0.1, -0.05) is 39.0 Å². The molecule has 0 bridgehead atoms. The molecule has 0 aliphatic heterocycles. The second-order valence-electron chi connectivity index (χ2n) is 4.90. The van der Waals surface area contributed by atoms with Gasteiger partial charge >= 0.3 is 5.97 Å². The molecule has 0 aliphatic rings.